The predicted octanol–water partition coefficient (Wildman–Crippen LogP) is 0.164. The van der Waals surface area contributed by atoms with Crippen LogP contribution in [0.4, 0.5) is 23.5 Å². The van der Waals surface area contributed by atoms with Crippen molar-refractivity contribution < 1.29 is 0 Å². The molecule has 0 unspecified atom stereocenters. The molecule has 33 heavy (non-hydrogen) atoms. The van der Waals surface area contributed by atoms with E-state index in [1.165, 1.54) is 12.4 Å². The van der Waals surface area contributed by atoms with Crippen molar-refractivity contribution in [3.63, 3.8) is 0 Å². The number of hydrazine groups is 1. The van der Waals surface area contributed by atoms with Crippen LogP contribution in [0.25, 0.3) is 0 Å². The van der Waals surface area contributed by atoms with Crippen LogP contribution in [0.3, 0.4) is 0 Å². The van der Waals surface area contributed by atoms with Crippen molar-refractivity contribution >= 4 is 59.1 Å². The Morgan fingerprint density at radius 2 is 1.15 bits per heavy atom. The number of piperidine rings is 2. The van der Waals surface area contributed by atoms with Gasteiger partial charge < -0.3 is 32.7 Å². The van der Waals surface area contributed by atoms with E-state index < -0.39 is 0 Å². The van der Waals surface area contributed by atoms with Crippen LogP contribution in [0.1, 0.15) is 12.8 Å². The van der Waals surface area contributed by atoms with Crippen molar-refractivity contribution in [2.45, 2.75) is 37.0 Å². The van der Waals surface area contributed by atoms with E-state index in [4.69, 9.17) is 46.1 Å². The van der Waals surface area contributed by atoms with Gasteiger partial charge in [0, 0.05) is 62.7 Å². The lowest BCUT2D eigenvalue weighted by Crippen LogP contribution is -2.54. The lowest BCUT2D eigenvalue weighted by molar-refractivity contribution is 0.441. The van der Waals surface area contributed by atoms with Gasteiger partial charge in [-0.1, -0.05) is 23.2 Å². The van der Waals surface area contributed by atoms with Gasteiger partial charge in [-0.2, -0.15) is 15.0 Å². The number of nitrogens with one attached hydrogen (secondary N) is 2. The Morgan fingerprint density at radius 3 is 1.58 bits per heavy atom. The molecule has 0 saturated carbocycles. The monoisotopic (exact) mass is 518 g/mol. The zero-order chi connectivity index (χ0) is 22.8. The van der Waals surface area contributed by atoms with Crippen LogP contribution in [0.15, 0.2) is 12.4 Å². The number of nitrogens with two attached hydrogens (primary N) is 4. The number of halogens is 3. The normalized spacial score (nSPS) is 25.4. The predicted molar refractivity (Wildman–Crippen MR) is 134 cm³/mol. The molecule has 2 aromatic rings. The summed E-state index contributed by atoms with van der Waals surface area (Å²) in [7, 11) is 0. The first-order valence-corrected chi connectivity index (χ1v) is 11.1. The zero-order valence-corrected chi connectivity index (χ0v) is 20.2. The summed E-state index contributed by atoms with van der Waals surface area (Å²) in [6.45, 7) is 2.35. The lowest BCUT2D eigenvalue weighted by atomic mass is 10.0. The molecular weight excluding hydrogens is 491 g/mol. The van der Waals surface area contributed by atoms with Gasteiger partial charge in [0.2, 0.25) is 17.8 Å². The van der Waals surface area contributed by atoms with Crippen LogP contribution in [-0.2, 0) is 0 Å². The average Bonchev–Trinajstić information content (AvgIpc) is 2.72. The van der Waals surface area contributed by atoms with Gasteiger partial charge in [0.05, 0.1) is 15.7 Å². The number of nitrogens with zero attached hydrogens (tertiary/aromatic N) is 6. The molecule has 0 spiro atoms. The Hall–Kier alpha value is -1.93. The maximum Gasteiger partial charge on any atom is 0.248 e. The molecule has 4 atom stereocenters. The van der Waals surface area contributed by atoms with Crippen molar-refractivity contribution in [2.24, 2.45) is 22.9 Å². The van der Waals surface area contributed by atoms with Crippen LogP contribution in [0.2, 0.25) is 10.0 Å². The highest BCUT2D eigenvalue weighted by atomic mass is 35.5. The highest BCUT2D eigenvalue weighted by molar-refractivity contribution is 6.38. The Labute approximate surface area is 208 Å². The summed E-state index contributed by atoms with van der Waals surface area (Å²) in [4.78, 5) is 21.7. The summed E-state index contributed by atoms with van der Waals surface area (Å²) in [5, 5.41) is 0.695. The molecule has 12 nitrogen and oxygen atoms in total. The van der Waals surface area contributed by atoms with Gasteiger partial charge in [-0.3, -0.25) is 15.8 Å². The molecule has 0 amide bonds. The fourth-order valence-electron chi connectivity index (χ4n) is 4.03. The quantitative estimate of drug-likeness (QED) is 0.294. The largest absolute Gasteiger partial charge is 0.338 e. The van der Waals surface area contributed by atoms with E-state index in [1.807, 2.05) is 9.80 Å². The fraction of sp³-hybridized carbons (Fsp3) is 0.556. The third kappa shape index (κ3) is 6.35. The number of rotatable bonds is 5. The molecule has 2 aliphatic heterocycles. The second-order valence-electron chi connectivity index (χ2n) is 8.31. The van der Waals surface area contributed by atoms with Crippen molar-refractivity contribution in [2.75, 3.05) is 46.8 Å². The molecular formula is C18H29Cl3N12. The Morgan fingerprint density at radius 1 is 0.727 bits per heavy atom. The maximum atomic E-state index is 6.19. The maximum absolute atomic E-state index is 6.19. The van der Waals surface area contributed by atoms with Gasteiger partial charge in [0.15, 0.2) is 0 Å². The summed E-state index contributed by atoms with van der Waals surface area (Å²) in [6, 6.07) is -0.279. The summed E-state index contributed by atoms with van der Waals surface area (Å²) >= 11 is 12.4. The van der Waals surface area contributed by atoms with E-state index in [-0.39, 0.29) is 42.5 Å². The van der Waals surface area contributed by atoms with Gasteiger partial charge in [-0.15, -0.1) is 12.4 Å². The van der Waals surface area contributed by atoms with Crippen molar-refractivity contribution in [1.82, 2.24) is 19.9 Å². The zero-order valence-electron chi connectivity index (χ0n) is 17.9. The van der Waals surface area contributed by atoms with Crippen molar-refractivity contribution in [3.8, 4) is 0 Å². The highest BCUT2D eigenvalue weighted by Crippen LogP contribution is 2.29. The molecule has 2 aliphatic rings. The van der Waals surface area contributed by atoms with Crippen LogP contribution in [-0.4, -0.2) is 70.3 Å². The molecule has 4 rings (SSSR count). The summed E-state index contributed by atoms with van der Waals surface area (Å²) in [5.74, 6) is 1.20. The van der Waals surface area contributed by atoms with E-state index in [9.17, 15) is 0 Å². The van der Waals surface area contributed by atoms with Crippen molar-refractivity contribution in [3.05, 3.63) is 22.4 Å². The van der Waals surface area contributed by atoms with E-state index in [0.717, 1.165) is 12.8 Å². The van der Waals surface area contributed by atoms with Gasteiger partial charge in [-0.05, 0) is 12.8 Å². The second-order valence-corrected chi connectivity index (χ2v) is 9.12. The molecule has 0 bridgehead atoms. The Balaban J connectivity index is 0.00000306. The minimum atomic E-state index is -0.0697. The molecule has 0 aromatic carbocycles. The molecule has 15 heteroatoms. The number of anilines is 4. The average molecular weight is 520 g/mol. The summed E-state index contributed by atoms with van der Waals surface area (Å²) in [5.41, 5.74) is 31.1. The van der Waals surface area contributed by atoms with Crippen LogP contribution >= 0.6 is 35.6 Å². The van der Waals surface area contributed by atoms with Crippen LogP contribution < -0.4 is 43.6 Å². The lowest BCUT2D eigenvalue weighted by Gasteiger charge is -2.37. The number of pyridine rings is 1. The minimum absolute atomic E-state index is 0. The first-order chi connectivity index (χ1) is 15.3. The molecule has 2 aromatic heterocycles. The molecule has 2 fully saturated rings. The third-order valence-corrected chi connectivity index (χ3v) is 5.93. The van der Waals surface area contributed by atoms with Crippen LogP contribution in [0.5, 0.6) is 0 Å². The van der Waals surface area contributed by atoms with Gasteiger partial charge in [0.25, 0.3) is 0 Å². The summed E-state index contributed by atoms with van der Waals surface area (Å²) in [6.07, 6.45) is 4.45. The SMILES string of the molecule is Cl.N[C@@H]1C[C@H](N)CN(c2nc(NNc3c(Cl)cncc3Cl)nc(N3C[C@H](N)C[C@H](N)C3)n2)C1. The van der Waals surface area contributed by atoms with Gasteiger partial charge in [-0.25, -0.2) is 0 Å². The number of hydrogen-bond acceptors (Lipinski definition) is 12. The standard InChI is InChI=1S/C18H28Cl2N12.ClH/c19-13-3-25-4-14(20)15(13)29-30-16-26-17(31-5-9(21)1-10(22)6-31)28-18(27-16)32-7-11(23)2-12(24)8-32;/h3-4,9-12H,1-2,5-8,21-24H2,(H,25,29)(H,26,27,28,30);1H/t9-,10+,11-,12+;. The number of aromatic nitrogens is 4. The van der Waals surface area contributed by atoms with E-state index in [1.54, 1.807) is 0 Å². The van der Waals surface area contributed by atoms with Crippen molar-refractivity contribution in [1.29, 1.82) is 0 Å². The molecule has 0 radical (unpaired) electrons. The second kappa shape index (κ2) is 11.0. The molecule has 10 N–H and O–H groups in total. The first kappa shape index (κ1) is 25.7. The highest BCUT2D eigenvalue weighted by Gasteiger charge is 2.28. The number of hydrogen-bond donors (Lipinski definition) is 6. The van der Waals surface area contributed by atoms with Gasteiger partial charge in [0.1, 0.15) is 0 Å². The molecule has 4 heterocycles. The summed E-state index contributed by atoms with van der Waals surface area (Å²) < 4.78 is 0. The fourth-order valence-corrected chi connectivity index (χ4v) is 4.48. The Bertz CT molecular complexity index is 865. The third-order valence-electron chi connectivity index (χ3n) is 5.36. The van der Waals surface area contributed by atoms with E-state index in [0.29, 0.717) is 53.8 Å². The Kier molecular flexibility index (Phi) is 8.56. The van der Waals surface area contributed by atoms with Gasteiger partial charge >= 0.3 is 0 Å². The molecule has 2 saturated heterocycles. The minimum Gasteiger partial charge on any atom is -0.338 e. The smallest absolute Gasteiger partial charge is 0.248 e. The first-order valence-electron chi connectivity index (χ1n) is 10.4. The van der Waals surface area contributed by atoms with E-state index >= 15 is 0 Å². The topological polar surface area (TPSA) is 186 Å². The molecule has 182 valence electrons. The molecule has 0 aliphatic carbocycles. The van der Waals surface area contributed by atoms with Crippen LogP contribution in [0, 0.1) is 0 Å². The van der Waals surface area contributed by atoms with E-state index in [2.05, 4.69) is 30.8 Å².